The van der Waals surface area contributed by atoms with Crippen LogP contribution in [-0.4, -0.2) is 46.3 Å². The summed E-state index contributed by atoms with van der Waals surface area (Å²) >= 11 is 0. The van der Waals surface area contributed by atoms with Crippen molar-refractivity contribution < 1.29 is 21.6 Å². The average Bonchev–Trinajstić information content (AvgIpc) is 2.93. The van der Waals surface area contributed by atoms with Crippen molar-refractivity contribution in [2.45, 2.75) is 50.2 Å². The van der Waals surface area contributed by atoms with Crippen LogP contribution in [0.5, 0.6) is 0 Å². The molecule has 0 aromatic heterocycles. The maximum Gasteiger partial charge on any atom is 0.224 e. The van der Waals surface area contributed by atoms with Gasteiger partial charge in [-0.1, -0.05) is 12.1 Å². The number of sulfonamides is 1. The summed E-state index contributed by atoms with van der Waals surface area (Å²) in [5.41, 5.74) is 1.25. The molecule has 1 aromatic carbocycles. The van der Waals surface area contributed by atoms with E-state index in [9.17, 15) is 21.6 Å². The number of hydrogen-bond acceptors (Lipinski definition) is 6. The van der Waals surface area contributed by atoms with Crippen LogP contribution in [0.1, 0.15) is 51.0 Å². The molecular weight excluding hydrogens is 402 g/mol. The summed E-state index contributed by atoms with van der Waals surface area (Å²) in [6, 6.07) is 6.75. The second-order valence-corrected chi connectivity index (χ2v) is 12.6. The molecule has 8 nitrogen and oxygen atoms in total. The Balaban J connectivity index is 1.75. The quantitative estimate of drug-likeness (QED) is 0.537. The summed E-state index contributed by atoms with van der Waals surface area (Å²) in [7, 11) is -6.53. The molecule has 1 unspecified atom stereocenters. The van der Waals surface area contributed by atoms with Crippen LogP contribution >= 0.6 is 0 Å². The van der Waals surface area contributed by atoms with E-state index in [2.05, 4.69) is 15.4 Å². The van der Waals surface area contributed by atoms with Crippen molar-refractivity contribution in [2.24, 2.45) is 0 Å². The van der Waals surface area contributed by atoms with Gasteiger partial charge in [-0.15, -0.1) is 0 Å². The number of unbranched alkanes of at least 4 members (excludes halogenated alkanes) is 1. The average molecular weight is 432 g/mol. The van der Waals surface area contributed by atoms with Gasteiger partial charge < -0.3 is 5.32 Å². The van der Waals surface area contributed by atoms with Crippen LogP contribution in [0, 0.1) is 0 Å². The Morgan fingerprint density at radius 1 is 1.18 bits per heavy atom. The van der Waals surface area contributed by atoms with E-state index in [1.807, 2.05) is 0 Å². The lowest BCUT2D eigenvalue weighted by atomic mass is 10.2. The molecule has 1 aliphatic heterocycles. The number of anilines is 1. The number of hydrogen-bond donors (Lipinski definition) is 3. The fraction of sp³-hybridized carbons (Fsp3) is 0.611. The van der Waals surface area contributed by atoms with Gasteiger partial charge in [-0.05, 0) is 51.3 Å². The molecule has 1 atom stereocenters. The Morgan fingerprint density at radius 3 is 2.36 bits per heavy atom. The van der Waals surface area contributed by atoms with Gasteiger partial charge in [-0.2, -0.15) is 0 Å². The van der Waals surface area contributed by atoms with Gasteiger partial charge in [0.25, 0.3) is 0 Å². The maximum absolute atomic E-state index is 12.0. The van der Waals surface area contributed by atoms with Crippen LogP contribution < -0.4 is 15.4 Å². The van der Waals surface area contributed by atoms with E-state index in [0.29, 0.717) is 37.2 Å². The van der Waals surface area contributed by atoms with E-state index in [0.717, 1.165) is 0 Å². The Hall–Kier alpha value is -1.49. The van der Waals surface area contributed by atoms with Crippen molar-refractivity contribution in [3.8, 4) is 0 Å². The van der Waals surface area contributed by atoms with E-state index in [4.69, 9.17) is 0 Å². The highest BCUT2D eigenvalue weighted by Crippen LogP contribution is 2.25. The summed E-state index contributed by atoms with van der Waals surface area (Å²) in [5.74, 6) is -0.0414. The third-order valence-corrected chi connectivity index (χ3v) is 8.63. The minimum absolute atomic E-state index is 0.127. The monoisotopic (exact) mass is 431 g/mol. The Bertz CT molecular complexity index is 888. The number of nitrogens with one attached hydrogen (secondary N) is 3. The highest BCUT2D eigenvalue weighted by atomic mass is 32.2. The summed E-state index contributed by atoms with van der Waals surface area (Å²) in [4.78, 5) is 12.0. The largest absolute Gasteiger partial charge is 0.326 e. The molecule has 10 heteroatoms. The molecule has 0 radical (unpaired) electrons. The van der Waals surface area contributed by atoms with Crippen molar-refractivity contribution in [1.29, 1.82) is 0 Å². The molecule has 0 bridgehead atoms. The second kappa shape index (κ2) is 8.89. The van der Waals surface area contributed by atoms with Crippen LogP contribution in [0.4, 0.5) is 5.69 Å². The van der Waals surface area contributed by atoms with Crippen LogP contribution in [-0.2, 0) is 24.7 Å². The van der Waals surface area contributed by atoms with E-state index >= 15 is 0 Å². The van der Waals surface area contributed by atoms with E-state index in [-0.39, 0.29) is 18.1 Å². The van der Waals surface area contributed by atoms with Gasteiger partial charge in [0.05, 0.1) is 10.5 Å². The summed E-state index contributed by atoms with van der Waals surface area (Å²) in [6.45, 7) is 5.63. The van der Waals surface area contributed by atoms with Gasteiger partial charge in [0, 0.05) is 25.2 Å². The zero-order chi connectivity index (χ0) is 21.0. The van der Waals surface area contributed by atoms with Crippen LogP contribution in [0.25, 0.3) is 0 Å². The minimum Gasteiger partial charge on any atom is -0.326 e. The summed E-state index contributed by atoms with van der Waals surface area (Å²) in [6.07, 6.45) is 1.39. The first-order valence-electron chi connectivity index (χ1n) is 9.26. The molecule has 1 heterocycles. The highest BCUT2D eigenvalue weighted by Gasteiger charge is 2.32. The van der Waals surface area contributed by atoms with Gasteiger partial charge in [0.2, 0.25) is 15.9 Å². The Morgan fingerprint density at radius 2 is 1.82 bits per heavy atom. The van der Waals surface area contributed by atoms with E-state index < -0.39 is 30.0 Å². The van der Waals surface area contributed by atoms with Gasteiger partial charge in [-0.25, -0.2) is 21.6 Å². The molecule has 3 N–H and O–H groups in total. The van der Waals surface area contributed by atoms with Crippen molar-refractivity contribution in [3.05, 3.63) is 29.8 Å². The minimum atomic E-state index is -3.37. The van der Waals surface area contributed by atoms with Gasteiger partial charge >= 0.3 is 0 Å². The molecule has 28 heavy (non-hydrogen) atoms. The van der Waals surface area contributed by atoms with Gasteiger partial charge in [0.1, 0.15) is 5.37 Å². The van der Waals surface area contributed by atoms with Crippen molar-refractivity contribution in [1.82, 2.24) is 10.0 Å². The van der Waals surface area contributed by atoms with Crippen molar-refractivity contribution >= 4 is 31.5 Å². The lowest BCUT2D eigenvalue weighted by Gasteiger charge is -2.19. The molecule has 158 valence electrons. The summed E-state index contributed by atoms with van der Waals surface area (Å²) in [5, 5.41) is 5.04. The number of carbonyl (C=O) groups is 1. The molecule has 1 saturated heterocycles. The summed E-state index contributed by atoms with van der Waals surface area (Å²) < 4.78 is 49.4. The first-order chi connectivity index (χ1) is 12.9. The number of rotatable bonds is 8. The van der Waals surface area contributed by atoms with Crippen LogP contribution in [0.3, 0.4) is 0 Å². The SMILES string of the molecule is CC(C)(C)S(=O)(=O)NCCCCC(=O)Nc1ccc(C2NCCS2(=O)=O)cc1. The molecule has 2 rings (SSSR count). The molecule has 0 aliphatic carbocycles. The molecule has 1 fully saturated rings. The van der Waals surface area contributed by atoms with Crippen molar-refractivity contribution in [3.63, 3.8) is 0 Å². The van der Waals surface area contributed by atoms with Crippen LogP contribution in [0.15, 0.2) is 24.3 Å². The number of carbonyl (C=O) groups excluding carboxylic acids is 1. The lowest BCUT2D eigenvalue weighted by molar-refractivity contribution is -0.116. The number of sulfone groups is 1. The third kappa shape index (κ3) is 6.00. The fourth-order valence-corrected chi connectivity index (χ4v) is 5.13. The number of amides is 1. The first kappa shape index (κ1) is 22.8. The highest BCUT2D eigenvalue weighted by molar-refractivity contribution is 7.91. The van der Waals surface area contributed by atoms with Crippen molar-refractivity contribution in [2.75, 3.05) is 24.2 Å². The molecule has 0 saturated carbocycles. The normalized spacial score (nSPS) is 19.5. The number of benzene rings is 1. The van der Waals surface area contributed by atoms with Crippen LogP contribution in [0.2, 0.25) is 0 Å². The predicted octanol–water partition coefficient (Wildman–Crippen LogP) is 1.53. The van der Waals surface area contributed by atoms with Gasteiger partial charge in [-0.3, -0.25) is 10.1 Å². The zero-order valence-corrected chi connectivity index (χ0v) is 18.1. The fourth-order valence-electron chi connectivity index (χ4n) is 2.70. The van der Waals surface area contributed by atoms with E-state index in [1.165, 1.54) is 0 Å². The molecule has 0 spiro atoms. The van der Waals surface area contributed by atoms with E-state index in [1.54, 1.807) is 45.0 Å². The molecule has 1 aromatic rings. The Labute approximate surface area is 167 Å². The van der Waals surface area contributed by atoms with Gasteiger partial charge in [0.15, 0.2) is 9.84 Å². The lowest BCUT2D eigenvalue weighted by Crippen LogP contribution is -2.39. The molecular formula is C18H29N3O5S2. The topological polar surface area (TPSA) is 121 Å². The predicted molar refractivity (Wildman–Crippen MR) is 110 cm³/mol. The second-order valence-electron chi connectivity index (χ2n) is 7.84. The third-order valence-electron chi connectivity index (χ3n) is 4.50. The first-order valence-corrected chi connectivity index (χ1v) is 12.5. The maximum atomic E-state index is 12.0. The Kier molecular flexibility index (Phi) is 7.24. The smallest absolute Gasteiger partial charge is 0.224 e. The molecule has 1 aliphatic rings. The standard InChI is InChI=1S/C18H29N3O5S2/c1-18(2,3)28(25,26)20-11-5-4-6-16(22)21-15-9-7-14(8-10-15)17-19-12-13-27(17,23)24/h7-10,17,19-20H,4-6,11-13H2,1-3H3,(H,21,22). The molecule has 1 amide bonds. The zero-order valence-electron chi connectivity index (χ0n) is 16.5.